The number of rotatable bonds is 4. The molecule has 0 radical (unpaired) electrons. The minimum Gasteiger partial charge on any atom is -0.423 e. The van der Waals surface area contributed by atoms with Crippen LogP contribution in [0.2, 0.25) is 0 Å². The summed E-state index contributed by atoms with van der Waals surface area (Å²) in [4.78, 5) is 26.8. The minimum atomic E-state index is -0.610. The number of hydrogen-bond acceptors (Lipinski definition) is 7. The SMILES string of the molecule is CC1=C(C(=O)NC2CCCC2)C(C2=NCC=C2Cl)N=C(Nc2nc3ccccc3o2)N1. The number of benzene rings is 1. The number of oxazole rings is 1. The van der Waals surface area contributed by atoms with E-state index in [0.29, 0.717) is 46.1 Å². The van der Waals surface area contributed by atoms with Crippen molar-refractivity contribution in [2.45, 2.75) is 44.7 Å². The summed E-state index contributed by atoms with van der Waals surface area (Å²) in [5.74, 6) is 0.288. The van der Waals surface area contributed by atoms with Gasteiger partial charge in [-0.1, -0.05) is 36.6 Å². The largest absolute Gasteiger partial charge is 0.423 e. The number of carbonyl (C=O) groups excluding carboxylic acids is 1. The van der Waals surface area contributed by atoms with Crippen molar-refractivity contribution in [1.29, 1.82) is 0 Å². The molecular weight excluding hydrogens is 416 g/mol. The number of aromatic nitrogens is 1. The van der Waals surface area contributed by atoms with Crippen LogP contribution in [0.4, 0.5) is 6.01 Å². The molecule has 0 spiro atoms. The minimum absolute atomic E-state index is 0.134. The zero-order valence-corrected chi connectivity index (χ0v) is 17.9. The highest BCUT2D eigenvalue weighted by Gasteiger charge is 2.35. The Hall–Kier alpha value is -3.13. The van der Waals surface area contributed by atoms with E-state index in [1.165, 1.54) is 0 Å². The number of aliphatic imine (C=N–C) groups is 2. The topological polar surface area (TPSA) is 104 Å². The van der Waals surface area contributed by atoms with Gasteiger partial charge >= 0.3 is 6.01 Å². The van der Waals surface area contributed by atoms with Gasteiger partial charge in [0.25, 0.3) is 5.91 Å². The van der Waals surface area contributed by atoms with E-state index in [-0.39, 0.29) is 11.9 Å². The molecule has 9 heteroatoms. The maximum atomic E-state index is 13.2. The molecule has 3 heterocycles. The van der Waals surface area contributed by atoms with Crippen LogP contribution in [0.3, 0.4) is 0 Å². The second-order valence-electron chi connectivity index (χ2n) is 7.89. The summed E-state index contributed by atoms with van der Waals surface area (Å²) in [6.07, 6.45) is 6.12. The molecule has 1 aromatic heterocycles. The summed E-state index contributed by atoms with van der Waals surface area (Å²) in [7, 11) is 0. The molecule has 31 heavy (non-hydrogen) atoms. The van der Waals surface area contributed by atoms with E-state index < -0.39 is 6.04 Å². The molecule has 2 aliphatic heterocycles. The Kier molecular flexibility index (Phi) is 5.23. The molecule has 3 aliphatic rings. The zero-order valence-electron chi connectivity index (χ0n) is 17.1. The normalized spacial score (nSPS) is 21.6. The van der Waals surface area contributed by atoms with Gasteiger partial charge in [0.15, 0.2) is 5.58 Å². The molecular formula is C22H23ClN6O2. The Balaban J connectivity index is 1.44. The Labute approximate surface area is 184 Å². The van der Waals surface area contributed by atoms with Crippen molar-refractivity contribution in [3.8, 4) is 0 Å². The lowest BCUT2D eigenvalue weighted by Crippen LogP contribution is -2.45. The standard InChI is InChI=1S/C22H23ClN6O2/c1-12-17(20(30)26-13-6-2-3-7-13)19(18-14(23)10-11-24-18)28-21(25-12)29-22-27-15-8-4-5-9-16(15)31-22/h4-5,8-10,13,19H,2-3,6-7,11H2,1H3,(H,26,30)(H2,25,27,28,29). The van der Waals surface area contributed by atoms with E-state index in [0.717, 1.165) is 31.2 Å². The van der Waals surface area contributed by atoms with E-state index >= 15 is 0 Å². The maximum absolute atomic E-state index is 13.2. The van der Waals surface area contributed by atoms with Gasteiger partial charge in [0, 0.05) is 11.7 Å². The number of guanidine groups is 1. The molecule has 3 N–H and O–H groups in total. The van der Waals surface area contributed by atoms with Crippen molar-refractivity contribution < 1.29 is 9.21 Å². The molecule has 8 nitrogen and oxygen atoms in total. The fourth-order valence-electron chi connectivity index (χ4n) is 4.21. The van der Waals surface area contributed by atoms with Gasteiger partial charge < -0.3 is 15.1 Å². The number of halogens is 1. The van der Waals surface area contributed by atoms with E-state index in [1.54, 1.807) is 0 Å². The number of hydrogen-bond donors (Lipinski definition) is 3. The summed E-state index contributed by atoms with van der Waals surface area (Å²) >= 11 is 6.40. The van der Waals surface area contributed by atoms with E-state index in [4.69, 9.17) is 21.0 Å². The van der Waals surface area contributed by atoms with Crippen LogP contribution in [0.15, 0.2) is 61.0 Å². The number of anilines is 1. The summed E-state index contributed by atoms with van der Waals surface area (Å²) in [6.45, 7) is 2.34. The number of para-hydroxylation sites is 2. The quantitative estimate of drug-likeness (QED) is 0.678. The summed E-state index contributed by atoms with van der Waals surface area (Å²) in [5, 5.41) is 9.93. The highest BCUT2D eigenvalue weighted by Crippen LogP contribution is 2.27. The van der Waals surface area contributed by atoms with Gasteiger partial charge in [-0.3, -0.25) is 15.1 Å². The first-order valence-corrected chi connectivity index (χ1v) is 10.9. The number of allylic oxidation sites excluding steroid dienone is 1. The molecule has 1 amide bonds. The average Bonchev–Trinajstić information content (AvgIpc) is 3.48. The highest BCUT2D eigenvalue weighted by atomic mass is 35.5. The van der Waals surface area contributed by atoms with Gasteiger partial charge in [-0.05, 0) is 38.0 Å². The van der Waals surface area contributed by atoms with Crippen LogP contribution in [-0.4, -0.2) is 41.2 Å². The smallest absolute Gasteiger partial charge is 0.302 e. The fourth-order valence-corrected chi connectivity index (χ4v) is 4.45. The molecule has 1 aliphatic carbocycles. The Morgan fingerprint density at radius 2 is 2.06 bits per heavy atom. The molecule has 1 unspecified atom stereocenters. The van der Waals surface area contributed by atoms with Crippen LogP contribution in [-0.2, 0) is 4.79 Å². The molecule has 1 saturated carbocycles. The third-order valence-corrected chi connectivity index (χ3v) is 6.08. The van der Waals surface area contributed by atoms with Crippen LogP contribution >= 0.6 is 11.6 Å². The van der Waals surface area contributed by atoms with Gasteiger partial charge in [0.05, 0.1) is 22.9 Å². The summed E-state index contributed by atoms with van der Waals surface area (Å²) in [5.41, 5.74) is 3.23. The van der Waals surface area contributed by atoms with Crippen LogP contribution in [0.5, 0.6) is 0 Å². The van der Waals surface area contributed by atoms with Crippen molar-refractivity contribution in [1.82, 2.24) is 15.6 Å². The monoisotopic (exact) mass is 438 g/mol. The Morgan fingerprint density at radius 1 is 1.26 bits per heavy atom. The number of fused-ring (bicyclic) bond motifs is 1. The first-order valence-electron chi connectivity index (χ1n) is 10.5. The van der Waals surface area contributed by atoms with E-state index in [1.807, 2.05) is 37.3 Å². The van der Waals surface area contributed by atoms with E-state index in [9.17, 15) is 4.79 Å². The van der Waals surface area contributed by atoms with E-state index in [2.05, 4.69) is 25.9 Å². The Morgan fingerprint density at radius 3 is 2.81 bits per heavy atom. The third-order valence-electron chi connectivity index (χ3n) is 5.73. The van der Waals surface area contributed by atoms with Gasteiger partial charge in [-0.2, -0.15) is 4.98 Å². The van der Waals surface area contributed by atoms with Crippen LogP contribution in [0.25, 0.3) is 11.1 Å². The lowest BCUT2D eigenvalue weighted by Gasteiger charge is -2.27. The molecule has 2 aromatic rings. The first-order chi connectivity index (χ1) is 15.1. The molecule has 1 atom stereocenters. The van der Waals surface area contributed by atoms with Crippen LogP contribution in [0, 0.1) is 0 Å². The van der Waals surface area contributed by atoms with Crippen molar-refractivity contribution >= 4 is 46.3 Å². The number of amides is 1. The second kappa shape index (κ2) is 8.19. The Bertz CT molecular complexity index is 1120. The molecule has 1 aromatic carbocycles. The second-order valence-corrected chi connectivity index (χ2v) is 8.30. The first kappa shape index (κ1) is 19.8. The summed E-state index contributed by atoms with van der Waals surface area (Å²) < 4.78 is 5.74. The predicted molar refractivity (Wildman–Crippen MR) is 121 cm³/mol. The number of nitrogens with one attached hydrogen (secondary N) is 3. The van der Waals surface area contributed by atoms with Crippen LogP contribution < -0.4 is 16.0 Å². The molecule has 5 rings (SSSR count). The van der Waals surface area contributed by atoms with Gasteiger partial charge in [-0.25, -0.2) is 4.99 Å². The molecule has 1 fully saturated rings. The maximum Gasteiger partial charge on any atom is 0.302 e. The lowest BCUT2D eigenvalue weighted by molar-refractivity contribution is -0.118. The molecule has 0 saturated heterocycles. The van der Waals surface area contributed by atoms with Crippen molar-refractivity contribution in [2.24, 2.45) is 9.98 Å². The van der Waals surface area contributed by atoms with Crippen molar-refractivity contribution in [3.05, 3.63) is 46.6 Å². The number of carbonyl (C=O) groups is 1. The number of nitrogens with zero attached hydrogens (tertiary/aromatic N) is 3. The fraction of sp³-hybridized carbons (Fsp3) is 0.364. The zero-order chi connectivity index (χ0) is 21.4. The lowest BCUT2D eigenvalue weighted by atomic mass is 9.98. The van der Waals surface area contributed by atoms with Crippen molar-refractivity contribution in [3.63, 3.8) is 0 Å². The predicted octanol–water partition coefficient (Wildman–Crippen LogP) is 3.48. The highest BCUT2D eigenvalue weighted by molar-refractivity contribution is 6.45. The molecule has 0 bridgehead atoms. The average molecular weight is 439 g/mol. The summed E-state index contributed by atoms with van der Waals surface area (Å²) in [6, 6.07) is 7.41. The van der Waals surface area contributed by atoms with Gasteiger partial charge in [-0.15, -0.1) is 0 Å². The van der Waals surface area contributed by atoms with Gasteiger partial charge in [0.1, 0.15) is 11.6 Å². The van der Waals surface area contributed by atoms with Crippen LogP contribution in [0.1, 0.15) is 32.6 Å². The third kappa shape index (κ3) is 3.95. The molecule has 160 valence electrons. The van der Waals surface area contributed by atoms with Crippen molar-refractivity contribution in [2.75, 3.05) is 11.9 Å². The van der Waals surface area contributed by atoms with Gasteiger partial charge in [0.2, 0.25) is 5.96 Å².